The van der Waals surface area contributed by atoms with Gasteiger partial charge < -0.3 is 24.0 Å². The standard InChI is InChI=1S/C24H24FN3O6/c1-2-32-20-10-6-4-8-17(20)23-26-21(34-27-23)14-33-24(31)19-12-16(29)13-28(19)22(30)11-15-7-3-5-9-18(15)25/h3-10,16,19,29H,2,11-14H2,1H3. The Kier molecular flexibility index (Phi) is 7.17. The Morgan fingerprint density at radius 2 is 1.97 bits per heavy atom. The van der Waals surface area contributed by atoms with E-state index in [0.717, 1.165) is 0 Å². The Morgan fingerprint density at radius 3 is 2.76 bits per heavy atom. The van der Waals surface area contributed by atoms with Crippen LogP contribution >= 0.6 is 0 Å². The van der Waals surface area contributed by atoms with Gasteiger partial charge in [-0.1, -0.05) is 35.5 Å². The first kappa shape index (κ1) is 23.4. The minimum Gasteiger partial charge on any atom is -0.493 e. The number of aliphatic hydroxyl groups excluding tert-OH is 1. The molecule has 1 aromatic heterocycles. The Hall–Kier alpha value is -3.79. The molecule has 1 amide bonds. The van der Waals surface area contributed by atoms with E-state index in [1.807, 2.05) is 19.1 Å². The summed E-state index contributed by atoms with van der Waals surface area (Å²) >= 11 is 0. The molecule has 9 nitrogen and oxygen atoms in total. The molecule has 2 unspecified atom stereocenters. The van der Waals surface area contributed by atoms with Crippen LogP contribution in [-0.2, 0) is 27.4 Å². The molecule has 34 heavy (non-hydrogen) atoms. The lowest BCUT2D eigenvalue weighted by molar-refractivity contribution is -0.155. The molecule has 1 aliphatic rings. The van der Waals surface area contributed by atoms with Crippen molar-refractivity contribution in [1.29, 1.82) is 0 Å². The van der Waals surface area contributed by atoms with E-state index < -0.39 is 29.8 Å². The predicted octanol–water partition coefficient (Wildman–Crippen LogP) is 2.52. The monoisotopic (exact) mass is 469 g/mol. The van der Waals surface area contributed by atoms with Crippen LogP contribution in [0.1, 0.15) is 24.8 Å². The van der Waals surface area contributed by atoms with Crippen LogP contribution in [0.25, 0.3) is 11.4 Å². The average Bonchev–Trinajstić information content (AvgIpc) is 3.46. The topological polar surface area (TPSA) is 115 Å². The number of hydrogen-bond donors (Lipinski definition) is 1. The van der Waals surface area contributed by atoms with Crippen molar-refractivity contribution < 1.29 is 33.1 Å². The third kappa shape index (κ3) is 5.23. The summed E-state index contributed by atoms with van der Waals surface area (Å²) in [6.45, 7) is 2.00. The van der Waals surface area contributed by atoms with Crippen LogP contribution < -0.4 is 4.74 Å². The third-order valence-electron chi connectivity index (χ3n) is 5.40. The van der Waals surface area contributed by atoms with Gasteiger partial charge in [-0.2, -0.15) is 4.98 Å². The summed E-state index contributed by atoms with van der Waals surface area (Å²) in [4.78, 5) is 30.9. The maximum Gasteiger partial charge on any atom is 0.329 e. The highest BCUT2D eigenvalue weighted by Gasteiger charge is 2.40. The lowest BCUT2D eigenvalue weighted by Crippen LogP contribution is -2.42. The van der Waals surface area contributed by atoms with Gasteiger partial charge in [-0.15, -0.1) is 0 Å². The second kappa shape index (κ2) is 10.4. The fraction of sp³-hybridized carbons (Fsp3) is 0.333. The number of carbonyl (C=O) groups excluding carboxylic acids is 2. The van der Waals surface area contributed by atoms with E-state index in [9.17, 15) is 19.1 Å². The second-order valence-corrected chi connectivity index (χ2v) is 7.77. The van der Waals surface area contributed by atoms with Gasteiger partial charge in [0.25, 0.3) is 5.89 Å². The number of halogens is 1. The molecule has 0 bridgehead atoms. The van der Waals surface area contributed by atoms with Gasteiger partial charge in [0.05, 0.1) is 24.7 Å². The molecular formula is C24H24FN3O6. The maximum absolute atomic E-state index is 13.9. The number of para-hydroxylation sites is 1. The van der Waals surface area contributed by atoms with Gasteiger partial charge in [-0.3, -0.25) is 4.79 Å². The van der Waals surface area contributed by atoms with Crippen molar-refractivity contribution in [2.75, 3.05) is 13.2 Å². The van der Waals surface area contributed by atoms with Crippen LogP contribution in [0.4, 0.5) is 4.39 Å². The largest absolute Gasteiger partial charge is 0.493 e. The molecule has 0 spiro atoms. The molecular weight excluding hydrogens is 445 g/mol. The summed E-state index contributed by atoms with van der Waals surface area (Å²) in [5.74, 6) is -0.749. The molecule has 10 heteroatoms. The maximum atomic E-state index is 13.9. The number of amides is 1. The first-order valence-corrected chi connectivity index (χ1v) is 10.9. The summed E-state index contributed by atoms with van der Waals surface area (Å²) in [5, 5.41) is 14.0. The van der Waals surface area contributed by atoms with E-state index in [1.54, 1.807) is 18.2 Å². The molecule has 1 aliphatic heterocycles. The second-order valence-electron chi connectivity index (χ2n) is 7.77. The van der Waals surface area contributed by atoms with Gasteiger partial charge in [0.2, 0.25) is 11.7 Å². The first-order valence-electron chi connectivity index (χ1n) is 10.9. The SMILES string of the molecule is CCOc1ccccc1-c1noc(COC(=O)C2CC(O)CN2C(=O)Cc2ccccc2F)n1. The molecule has 4 rings (SSSR count). The van der Waals surface area contributed by atoms with Crippen LogP contribution in [0.15, 0.2) is 53.1 Å². The molecule has 0 aliphatic carbocycles. The summed E-state index contributed by atoms with van der Waals surface area (Å²) < 4.78 is 30.0. The van der Waals surface area contributed by atoms with Crippen LogP contribution in [-0.4, -0.2) is 57.3 Å². The third-order valence-corrected chi connectivity index (χ3v) is 5.40. The van der Waals surface area contributed by atoms with Gasteiger partial charge >= 0.3 is 5.97 Å². The normalized spacial score (nSPS) is 17.6. The summed E-state index contributed by atoms with van der Waals surface area (Å²) in [7, 11) is 0. The number of aromatic nitrogens is 2. The number of hydrogen-bond acceptors (Lipinski definition) is 8. The quantitative estimate of drug-likeness (QED) is 0.501. The van der Waals surface area contributed by atoms with Crippen molar-refractivity contribution in [2.45, 2.75) is 38.5 Å². The number of likely N-dealkylation sites (tertiary alicyclic amines) is 1. The van der Waals surface area contributed by atoms with Crippen molar-refractivity contribution in [2.24, 2.45) is 0 Å². The average molecular weight is 469 g/mol. The summed E-state index contributed by atoms with van der Waals surface area (Å²) in [5.41, 5.74) is 0.848. The predicted molar refractivity (Wildman–Crippen MR) is 117 cm³/mol. The first-order chi connectivity index (χ1) is 16.5. The van der Waals surface area contributed by atoms with E-state index >= 15 is 0 Å². The van der Waals surface area contributed by atoms with E-state index in [2.05, 4.69) is 10.1 Å². The highest BCUT2D eigenvalue weighted by molar-refractivity contribution is 5.86. The number of ether oxygens (including phenoxy) is 2. The van der Waals surface area contributed by atoms with Crippen LogP contribution in [0, 0.1) is 5.82 Å². The summed E-state index contributed by atoms with van der Waals surface area (Å²) in [6.07, 6.45) is -1.08. The number of nitrogens with zero attached hydrogens (tertiary/aromatic N) is 3. The highest BCUT2D eigenvalue weighted by atomic mass is 19.1. The Morgan fingerprint density at radius 1 is 1.21 bits per heavy atom. The van der Waals surface area contributed by atoms with Crippen molar-refractivity contribution in [3.8, 4) is 17.1 Å². The van der Waals surface area contributed by atoms with Gasteiger partial charge in [0, 0.05) is 13.0 Å². The minimum absolute atomic E-state index is 0.0264. The van der Waals surface area contributed by atoms with Crippen molar-refractivity contribution in [3.63, 3.8) is 0 Å². The Bertz CT molecular complexity index is 1170. The molecule has 1 saturated heterocycles. The van der Waals surface area contributed by atoms with Crippen LogP contribution in [0.2, 0.25) is 0 Å². The fourth-order valence-corrected chi connectivity index (χ4v) is 3.80. The number of aliphatic hydroxyl groups is 1. The highest BCUT2D eigenvalue weighted by Crippen LogP contribution is 2.28. The van der Waals surface area contributed by atoms with Crippen LogP contribution in [0.3, 0.4) is 0 Å². The number of esters is 1. The van der Waals surface area contributed by atoms with Gasteiger partial charge in [-0.25, -0.2) is 9.18 Å². The molecule has 3 aromatic rings. The molecule has 1 N–H and O–H groups in total. The number of rotatable bonds is 8. The number of benzene rings is 2. The van der Waals surface area contributed by atoms with Crippen molar-refractivity contribution in [1.82, 2.24) is 15.0 Å². The number of carbonyl (C=O) groups is 2. The Balaban J connectivity index is 1.39. The molecule has 0 saturated carbocycles. The molecule has 2 heterocycles. The zero-order valence-electron chi connectivity index (χ0n) is 18.5. The van der Waals surface area contributed by atoms with E-state index in [-0.39, 0.29) is 43.3 Å². The molecule has 2 aromatic carbocycles. The minimum atomic E-state index is -0.990. The zero-order chi connectivity index (χ0) is 24.1. The van der Waals surface area contributed by atoms with E-state index in [4.69, 9.17) is 14.0 Å². The Labute approximate surface area is 195 Å². The van der Waals surface area contributed by atoms with Gasteiger partial charge in [0.1, 0.15) is 17.6 Å². The van der Waals surface area contributed by atoms with Gasteiger partial charge in [-0.05, 0) is 30.7 Å². The van der Waals surface area contributed by atoms with Crippen LogP contribution in [0.5, 0.6) is 5.75 Å². The zero-order valence-corrected chi connectivity index (χ0v) is 18.5. The molecule has 1 fully saturated rings. The van der Waals surface area contributed by atoms with Crippen molar-refractivity contribution >= 4 is 11.9 Å². The lowest BCUT2D eigenvalue weighted by atomic mass is 10.1. The molecule has 178 valence electrons. The fourth-order valence-electron chi connectivity index (χ4n) is 3.80. The van der Waals surface area contributed by atoms with E-state index in [1.165, 1.54) is 23.1 Å². The summed E-state index contributed by atoms with van der Waals surface area (Å²) in [6, 6.07) is 12.1. The lowest BCUT2D eigenvalue weighted by Gasteiger charge is -2.23. The molecule has 0 radical (unpaired) electrons. The van der Waals surface area contributed by atoms with Crippen molar-refractivity contribution in [3.05, 3.63) is 65.8 Å². The van der Waals surface area contributed by atoms with E-state index in [0.29, 0.717) is 17.9 Å². The van der Waals surface area contributed by atoms with Gasteiger partial charge in [0.15, 0.2) is 6.61 Å². The number of β-amino-alcohol motifs (C(OH)–C–C–N with tert-alkyl or cyclic N) is 1. The molecule has 2 atom stereocenters. The smallest absolute Gasteiger partial charge is 0.329 e.